The summed E-state index contributed by atoms with van der Waals surface area (Å²) in [7, 11) is -3.93. The summed E-state index contributed by atoms with van der Waals surface area (Å²) in [6.07, 6.45) is -1.02. The molecule has 0 saturated heterocycles. The van der Waals surface area contributed by atoms with E-state index in [-0.39, 0.29) is 23.7 Å². The lowest BCUT2D eigenvalue weighted by Gasteiger charge is -2.34. The van der Waals surface area contributed by atoms with Gasteiger partial charge in [-0.1, -0.05) is 60.1 Å². The van der Waals surface area contributed by atoms with Crippen LogP contribution in [0.2, 0.25) is 5.02 Å². The van der Waals surface area contributed by atoms with Crippen LogP contribution in [0, 0.1) is 0 Å². The van der Waals surface area contributed by atoms with E-state index in [4.69, 9.17) is 21.1 Å². The molecule has 0 aromatic heterocycles. The second kappa shape index (κ2) is 10.2. The third kappa shape index (κ3) is 5.47. The second-order valence-corrected chi connectivity index (χ2v) is 9.70. The molecule has 1 aliphatic heterocycles. The summed E-state index contributed by atoms with van der Waals surface area (Å²) in [4.78, 5) is 12.9. The highest BCUT2D eigenvalue weighted by Gasteiger charge is 2.37. The Bertz CT molecular complexity index is 1210. The number of amides is 1. The fraction of sp³-hybridized carbons (Fsp3) is 0.208. The van der Waals surface area contributed by atoms with Crippen LogP contribution in [0.4, 0.5) is 5.69 Å². The quantitative estimate of drug-likeness (QED) is 0.491. The molecular weight excluding hydrogens is 464 g/mol. The molecule has 0 saturated carbocycles. The molecule has 0 aliphatic carbocycles. The highest BCUT2D eigenvalue weighted by molar-refractivity contribution is 7.92. The normalized spacial score (nSPS) is 15.4. The molecule has 0 radical (unpaired) electrons. The number of ether oxygens (including phenoxy) is 2. The summed E-state index contributed by atoms with van der Waals surface area (Å²) in [6.45, 7) is 0.838. The molecular formula is C24H23ClN2O5S. The van der Waals surface area contributed by atoms with Crippen LogP contribution in [0.5, 0.6) is 5.75 Å². The molecule has 172 valence electrons. The number of halogens is 1. The van der Waals surface area contributed by atoms with Gasteiger partial charge in [0, 0.05) is 11.6 Å². The van der Waals surface area contributed by atoms with Crippen LogP contribution >= 0.6 is 11.6 Å². The number of hydrogen-bond acceptors (Lipinski definition) is 5. The molecule has 1 unspecified atom stereocenters. The van der Waals surface area contributed by atoms with Crippen molar-refractivity contribution in [3.8, 4) is 5.75 Å². The van der Waals surface area contributed by atoms with Crippen LogP contribution in [0.3, 0.4) is 0 Å². The second-order valence-electron chi connectivity index (χ2n) is 7.40. The van der Waals surface area contributed by atoms with E-state index < -0.39 is 22.0 Å². The molecule has 1 N–H and O–H groups in total. The van der Waals surface area contributed by atoms with E-state index in [0.29, 0.717) is 23.9 Å². The zero-order valence-corrected chi connectivity index (χ0v) is 19.3. The fourth-order valence-corrected chi connectivity index (χ4v) is 5.09. The Balaban J connectivity index is 1.44. The Morgan fingerprint density at radius 1 is 1.06 bits per heavy atom. The van der Waals surface area contributed by atoms with Crippen LogP contribution in [-0.2, 0) is 26.2 Å². The number of rotatable bonds is 8. The lowest BCUT2D eigenvalue weighted by atomic mass is 10.2. The van der Waals surface area contributed by atoms with Crippen molar-refractivity contribution in [3.63, 3.8) is 0 Å². The molecule has 1 heterocycles. The summed E-state index contributed by atoms with van der Waals surface area (Å²) >= 11 is 6.11. The molecule has 33 heavy (non-hydrogen) atoms. The van der Waals surface area contributed by atoms with Gasteiger partial charge in [-0.2, -0.15) is 0 Å². The minimum absolute atomic E-state index is 0.117. The number of sulfonamides is 1. The molecule has 7 nitrogen and oxygen atoms in total. The SMILES string of the molecule is O=C(NCCOCc1ccccc1)C1CN(S(=O)(=O)c2ccccc2)c2cc(Cl)ccc2O1. The maximum atomic E-state index is 13.3. The van der Waals surface area contributed by atoms with E-state index in [9.17, 15) is 13.2 Å². The molecule has 1 aliphatic rings. The van der Waals surface area contributed by atoms with Gasteiger partial charge in [-0.15, -0.1) is 0 Å². The van der Waals surface area contributed by atoms with E-state index in [0.717, 1.165) is 5.56 Å². The maximum absolute atomic E-state index is 13.3. The summed E-state index contributed by atoms with van der Waals surface area (Å²) in [5.41, 5.74) is 1.33. The molecule has 4 rings (SSSR count). The third-order valence-electron chi connectivity index (χ3n) is 5.07. The topological polar surface area (TPSA) is 84.9 Å². The number of nitrogens with zero attached hydrogens (tertiary/aromatic N) is 1. The van der Waals surface area contributed by atoms with Crippen LogP contribution in [0.25, 0.3) is 0 Å². The van der Waals surface area contributed by atoms with Crippen molar-refractivity contribution in [1.29, 1.82) is 0 Å². The van der Waals surface area contributed by atoms with E-state index in [1.807, 2.05) is 30.3 Å². The number of carbonyl (C=O) groups is 1. The van der Waals surface area contributed by atoms with Gasteiger partial charge >= 0.3 is 0 Å². The monoisotopic (exact) mass is 486 g/mol. The first-order valence-electron chi connectivity index (χ1n) is 10.4. The highest BCUT2D eigenvalue weighted by atomic mass is 35.5. The van der Waals surface area contributed by atoms with Crippen LogP contribution in [-0.4, -0.2) is 40.1 Å². The van der Waals surface area contributed by atoms with Gasteiger partial charge < -0.3 is 14.8 Å². The van der Waals surface area contributed by atoms with Crippen molar-refractivity contribution < 1.29 is 22.7 Å². The van der Waals surface area contributed by atoms with Gasteiger partial charge in [-0.25, -0.2) is 8.42 Å². The maximum Gasteiger partial charge on any atom is 0.264 e. The zero-order chi connectivity index (χ0) is 23.3. The van der Waals surface area contributed by atoms with Crippen LogP contribution < -0.4 is 14.4 Å². The number of benzene rings is 3. The van der Waals surface area contributed by atoms with Gasteiger partial charge in [0.25, 0.3) is 15.9 Å². The van der Waals surface area contributed by atoms with Crippen molar-refractivity contribution in [3.05, 3.63) is 89.4 Å². The predicted molar refractivity (Wildman–Crippen MR) is 126 cm³/mol. The molecule has 9 heteroatoms. The van der Waals surface area contributed by atoms with Gasteiger partial charge in [0.15, 0.2) is 6.10 Å². The predicted octanol–water partition coefficient (Wildman–Crippen LogP) is 3.63. The first kappa shape index (κ1) is 23.1. The van der Waals surface area contributed by atoms with E-state index in [1.54, 1.807) is 30.3 Å². The summed E-state index contributed by atoms with van der Waals surface area (Å²) < 4.78 is 39.3. The summed E-state index contributed by atoms with van der Waals surface area (Å²) in [5.74, 6) is -0.155. The molecule has 1 atom stereocenters. The fourth-order valence-electron chi connectivity index (χ4n) is 3.43. The Hall–Kier alpha value is -3.07. The van der Waals surface area contributed by atoms with Gasteiger partial charge in [0.1, 0.15) is 5.75 Å². The minimum atomic E-state index is -3.93. The average Bonchev–Trinajstić information content (AvgIpc) is 2.84. The van der Waals surface area contributed by atoms with Crippen molar-refractivity contribution in [2.24, 2.45) is 0 Å². The van der Waals surface area contributed by atoms with Gasteiger partial charge in [-0.05, 0) is 35.9 Å². The molecule has 3 aromatic carbocycles. The van der Waals surface area contributed by atoms with Crippen molar-refractivity contribution in [2.45, 2.75) is 17.6 Å². The average molecular weight is 487 g/mol. The Labute approximate surface area is 197 Å². The highest BCUT2D eigenvalue weighted by Crippen LogP contribution is 2.38. The van der Waals surface area contributed by atoms with Crippen molar-refractivity contribution >= 4 is 33.2 Å². The Morgan fingerprint density at radius 2 is 1.76 bits per heavy atom. The smallest absolute Gasteiger partial charge is 0.264 e. The molecule has 0 fully saturated rings. The number of hydrogen-bond donors (Lipinski definition) is 1. The van der Waals surface area contributed by atoms with E-state index >= 15 is 0 Å². The number of carbonyl (C=O) groups excluding carboxylic acids is 1. The third-order valence-corrected chi connectivity index (χ3v) is 7.10. The van der Waals surface area contributed by atoms with Gasteiger partial charge in [0.05, 0.1) is 30.3 Å². The first-order chi connectivity index (χ1) is 15.9. The number of fused-ring (bicyclic) bond motifs is 1. The molecule has 1 amide bonds. The first-order valence-corrected chi connectivity index (χ1v) is 12.2. The number of nitrogens with one attached hydrogen (secondary N) is 1. The van der Waals surface area contributed by atoms with E-state index in [1.165, 1.54) is 22.5 Å². The largest absolute Gasteiger partial charge is 0.476 e. The van der Waals surface area contributed by atoms with Gasteiger partial charge in [-0.3, -0.25) is 9.10 Å². The molecule has 3 aromatic rings. The number of anilines is 1. The minimum Gasteiger partial charge on any atom is -0.476 e. The molecule has 0 bridgehead atoms. The van der Waals surface area contributed by atoms with Crippen LogP contribution in [0.1, 0.15) is 5.56 Å². The van der Waals surface area contributed by atoms with Crippen LogP contribution in [0.15, 0.2) is 83.8 Å². The Kier molecular flexibility index (Phi) is 7.17. The van der Waals surface area contributed by atoms with E-state index in [2.05, 4.69) is 5.32 Å². The lowest BCUT2D eigenvalue weighted by Crippen LogP contribution is -2.51. The Morgan fingerprint density at radius 3 is 2.48 bits per heavy atom. The lowest BCUT2D eigenvalue weighted by molar-refractivity contribution is -0.128. The van der Waals surface area contributed by atoms with Crippen molar-refractivity contribution in [1.82, 2.24) is 5.32 Å². The zero-order valence-electron chi connectivity index (χ0n) is 17.7. The summed E-state index contributed by atoms with van der Waals surface area (Å²) in [5, 5.41) is 3.12. The summed E-state index contributed by atoms with van der Waals surface area (Å²) in [6, 6.07) is 22.4. The van der Waals surface area contributed by atoms with Gasteiger partial charge in [0.2, 0.25) is 0 Å². The molecule has 0 spiro atoms. The standard InChI is InChI=1S/C24H23ClN2O5S/c25-19-11-12-22-21(15-19)27(33(29,30)20-9-5-2-6-10-20)16-23(32-22)24(28)26-13-14-31-17-18-7-3-1-4-8-18/h1-12,15,23H,13-14,16-17H2,(H,26,28). The van der Waals surface area contributed by atoms with Crippen molar-refractivity contribution in [2.75, 3.05) is 24.0 Å².